The number of benzene rings is 1. The third kappa shape index (κ3) is 2.52. The molecule has 1 aromatic carbocycles. The molecule has 5 heteroatoms. The molecule has 4 nitrogen and oxygen atoms in total. The molecule has 0 aliphatic heterocycles. The van der Waals surface area contributed by atoms with Crippen LogP contribution in [0.1, 0.15) is 43.2 Å². The number of nitrogens with one attached hydrogen (secondary N) is 1. The Hall–Kier alpha value is -2.33. The van der Waals surface area contributed by atoms with E-state index in [1.165, 1.54) is 31.4 Å². The first-order chi connectivity index (χ1) is 12.2. The van der Waals surface area contributed by atoms with Crippen molar-refractivity contribution in [3.63, 3.8) is 0 Å². The van der Waals surface area contributed by atoms with Gasteiger partial charge in [0.25, 0.3) is 0 Å². The number of aromatic amines is 1. The lowest BCUT2D eigenvalue weighted by molar-refractivity contribution is 0.561. The van der Waals surface area contributed by atoms with Gasteiger partial charge in [0.15, 0.2) is 11.5 Å². The van der Waals surface area contributed by atoms with Gasteiger partial charge in [-0.25, -0.2) is 9.97 Å². The van der Waals surface area contributed by atoms with Crippen LogP contribution in [-0.2, 0) is 0 Å². The van der Waals surface area contributed by atoms with Crippen molar-refractivity contribution in [1.82, 2.24) is 15.0 Å². The lowest BCUT2D eigenvalue weighted by Gasteiger charge is -2.04. The summed E-state index contributed by atoms with van der Waals surface area (Å²) in [6.45, 7) is 1.84. The molecule has 0 amide bonds. The first-order valence-electron chi connectivity index (χ1n) is 8.73. The molecule has 3 heterocycles. The van der Waals surface area contributed by atoms with Crippen molar-refractivity contribution in [1.29, 1.82) is 0 Å². The fraction of sp³-hybridized carbons (Fsp3) is 0.300. The number of fused-ring (bicyclic) bond motifs is 2. The van der Waals surface area contributed by atoms with E-state index in [0.717, 1.165) is 33.3 Å². The van der Waals surface area contributed by atoms with Crippen LogP contribution in [0, 0.1) is 6.92 Å². The maximum atomic E-state index is 6.49. The standard InChI is InChI=1S/C20H18ClN3O/c1-11-23-18-9-16(21)15(8-19(18)25-11)14-6-13-7-17(12-4-2-3-5-12)24-20(13)22-10-14/h6-10,12H,2-5H2,1H3,(H,22,24). The molecule has 0 unspecified atom stereocenters. The smallest absolute Gasteiger partial charge is 0.192 e. The number of nitrogens with zero attached hydrogens (tertiary/aromatic N) is 2. The second-order valence-electron chi connectivity index (χ2n) is 6.90. The van der Waals surface area contributed by atoms with Gasteiger partial charge in [0, 0.05) is 35.3 Å². The van der Waals surface area contributed by atoms with E-state index >= 15 is 0 Å². The van der Waals surface area contributed by atoms with Crippen LogP contribution < -0.4 is 0 Å². The summed E-state index contributed by atoms with van der Waals surface area (Å²) in [5.41, 5.74) is 5.69. The zero-order chi connectivity index (χ0) is 17.0. The van der Waals surface area contributed by atoms with Crippen LogP contribution in [-0.4, -0.2) is 15.0 Å². The minimum absolute atomic E-state index is 0.642. The zero-order valence-corrected chi connectivity index (χ0v) is 14.7. The summed E-state index contributed by atoms with van der Waals surface area (Å²) in [4.78, 5) is 12.4. The molecule has 126 valence electrons. The highest BCUT2D eigenvalue weighted by Crippen LogP contribution is 2.37. The molecule has 5 rings (SSSR count). The Morgan fingerprint density at radius 3 is 2.84 bits per heavy atom. The van der Waals surface area contributed by atoms with E-state index in [9.17, 15) is 0 Å². The van der Waals surface area contributed by atoms with Gasteiger partial charge < -0.3 is 9.40 Å². The number of hydrogen-bond donors (Lipinski definition) is 1. The van der Waals surface area contributed by atoms with Crippen molar-refractivity contribution < 1.29 is 4.42 Å². The van der Waals surface area contributed by atoms with Crippen LogP contribution in [0.2, 0.25) is 5.02 Å². The first kappa shape index (κ1) is 15.0. The normalized spacial score (nSPS) is 15.6. The minimum atomic E-state index is 0.642. The molecule has 1 aliphatic rings. The SMILES string of the molecule is Cc1nc2cc(Cl)c(-c3cnc4[nH]c(C5CCCC5)cc4c3)cc2o1. The third-order valence-electron chi connectivity index (χ3n) is 5.18. The van der Waals surface area contributed by atoms with E-state index in [1.54, 1.807) is 0 Å². The Balaban J connectivity index is 1.61. The second kappa shape index (κ2) is 5.60. The topological polar surface area (TPSA) is 54.7 Å². The largest absolute Gasteiger partial charge is 0.441 e. The lowest BCUT2D eigenvalue weighted by atomic mass is 10.0. The van der Waals surface area contributed by atoms with E-state index in [0.29, 0.717) is 16.8 Å². The molecule has 0 saturated heterocycles. The average Bonchev–Trinajstić information content (AvgIpc) is 3.31. The van der Waals surface area contributed by atoms with Gasteiger partial charge in [-0.05, 0) is 43.0 Å². The number of hydrogen-bond acceptors (Lipinski definition) is 3. The molecular weight excluding hydrogens is 334 g/mol. The number of halogens is 1. The number of aromatic nitrogens is 3. The molecule has 0 atom stereocenters. The van der Waals surface area contributed by atoms with Gasteiger partial charge in [0.2, 0.25) is 0 Å². The van der Waals surface area contributed by atoms with Gasteiger partial charge >= 0.3 is 0 Å². The number of aryl methyl sites for hydroxylation is 1. The molecule has 1 fully saturated rings. The van der Waals surface area contributed by atoms with E-state index in [1.807, 2.05) is 25.3 Å². The molecule has 1 aliphatic carbocycles. The predicted octanol–water partition coefficient (Wildman–Crippen LogP) is 5.99. The summed E-state index contributed by atoms with van der Waals surface area (Å²) >= 11 is 6.49. The molecule has 0 bridgehead atoms. The molecule has 1 N–H and O–H groups in total. The first-order valence-corrected chi connectivity index (χ1v) is 9.11. The van der Waals surface area contributed by atoms with E-state index in [4.69, 9.17) is 16.0 Å². The molecular formula is C20H18ClN3O. The van der Waals surface area contributed by atoms with Gasteiger partial charge in [-0.1, -0.05) is 24.4 Å². The van der Waals surface area contributed by atoms with E-state index in [2.05, 4.69) is 27.1 Å². The Labute approximate surface area is 150 Å². The van der Waals surface area contributed by atoms with E-state index < -0.39 is 0 Å². The summed E-state index contributed by atoms with van der Waals surface area (Å²) in [7, 11) is 0. The Morgan fingerprint density at radius 1 is 1.16 bits per heavy atom. The van der Waals surface area contributed by atoms with Gasteiger partial charge in [0.05, 0.1) is 5.02 Å². The monoisotopic (exact) mass is 351 g/mol. The van der Waals surface area contributed by atoms with Gasteiger partial charge in [-0.2, -0.15) is 0 Å². The summed E-state index contributed by atoms with van der Waals surface area (Å²) in [5, 5.41) is 1.79. The van der Waals surface area contributed by atoms with E-state index in [-0.39, 0.29) is 0 Å². The predicted molar refractivity (Wildman–Crippen MR) is 100 cm³/mol. The van der Waals surface area contributed by atoms with Crippen molar-refractivity contribution in [3.8, 4) is 11.1 Å². The molecule has 3 aromatic heterocycles. The minimum Gasteiger partial charge on any atom is -0.441 e. The Kier molecular flexibility index (Phi) is 3.35. The fourth-order valence-electron chi connectivity index (χ4n) is 3.93. The maximum absolute atomic E-state index is 6.49. The summed E-state index contributed by atoms with van der Waals surface area (Å²) in [6, 6.07) is 8.19. The molecule has 1 saturated carbocycles. The quantitative estimate of drug-likeness (QED) is 0.482. The average molecular weight is 352 g/mol. The number of rotatable bonds is 2. The highest BCUT2D eigenvalue weighted by molar-refractivity contribution is 6.34. The zero-order valence-electron chi connectivity index (χ0n) is 14.0. The lowest BCUT2D eigenvalue weighted by Crippen LogP contribution is -1.91. The van der Waals surface area contributed by atoms with Crippen molar-refractivity contribution >= 4 is 33.7 Å². The fourth-order valence-corrected chi connectivity index (χ4v) is 4.19. The molecule has 0 radical (unpaired) electrons. The third-order valence-corrected chi connectivity index (χ3v) is 5.49. The Bertz CT molecular complexity index is 1090. The summed E-state index contributed by atoms with van der Waals surface area (Å²) in [5.74, 6) is 1.29. The summed E-state index contributed by atoms with van der Waals surface area (Å²) < 4.78 is 5.65. The van der Waals surface area contributed by atoms with Crippen LogP contribution in [0.25, 0.3) is 33.3 Å². The number of oxazole rings is 1. The maximum Gasteiger partial charge on any atom is 0.192 e. The number of pyridine rings is 1. The van der Waals surface area contributed by atoms with Crippen LogP contribution in [0.3, 0.4) is 0 Å². The van der Waals surface area contributed by atoms with Crippen LogP contribution in [0.15, 0.2) is 34.9 Å². The molecule has 4 aromatic rings. The molecule has 0 spiro atoms. The Morgan fingerprint density at radius 2 is 2.00 bits per heavy atom. The van der Waals surface area contributed by atoms with Gasteiger partial charge in [0.1, 0.15) is 11.2 Å². The van der Waals surface area contributed by atoms with Gasteiger partial charge in [-0.15, -0.1) is 0 Å². The highest BCUT2D eigenvalue weighted by atomic mass is 35.5. The van der Waals surface area contributed by atoms with Crippen molar-refractivity contribution in [2.45, 2.75) is 38.5 Å². The highest BCUT2D eigenvalue weighted by Gasteiger charge is 2.19. The van der Waals surface area contributed by atoms with Crippen molar-refractivity contribution in [2.24, 2.45) is 0 Å². The van der Waals surface area contributed by atoms with Crippen molar-refractivity contribution in [3.05, 3.63) is 47.1 Å². The van der Waals surface area contributed by atoms with Crippen LogP contribution in [0.5, 0.6) is 0 Å². The van der Waals surface area contributed by atoms with Crippen molar-refractivity contribution in [2.75, 3.05) is 0 Å². The van der Waals surface area contributed by atoms with Crippen LogP contribution >= 0.6 is 11.6 Å². The van der Waals surface area contributed by atoms with Crippen LogP contribution in [0.4, 0.5) is 0 Å². The number of H-pyrrole nitrogens is 1. The second-order valence-corrected chi connectivity index (χ2v) is 7.31. The van der Waals surface area contributed by atoms with Gasteiger partial charge in [-0.3, -0.25) is 0 Å². The summed E-state index contributed by atoms with van der Waals surface area (Å²) in [6.07, 6.45) is 7.06. The molecule has 25 heavy (non-hydrogen) atoms.